The first-order valence-electron chi connectivity index (χ1n) is 5.16. The number of rotatable bonds is 3. The first kappa shape index (κ1) is 12.2. The highest BCUT2D eigenvalue weighted by molar-refractivity contribution is 5.85. The summed E-state index contributed by atoms with van der Waals surface area (Å²) in [5.41, 5.74) is 6.58. The molecule has 2 N–H and O–H groups in total. The van der Waals surface area contributed by atoms with Crippen LogP contribution < -0.4 is 10.6 Å². The Morgan fingerprint density at radius 3 is 2.33 bits per heavy atom. The van der Waals surface area contributed by atoms with E-state index >= 15 is 0 Å². The van der Waals surface area contributed by atoms with Gasteiger partial charge in [0.25, 0.3) is 0 Å². The maximum atomic E-state index is 5.45. The molecule has 1 aromatic rings. The monoisotopic (exact) mass is 228 g/mol. The number of nitrogens with two attached hydrogens (primary N) is 1. The molecule has 0 aromatic carbocycles. The molecule has 1 aliphatic heterocycles. The minimum Gasteiger partial charge on any atom is -0.341 e. The Morgan fingerprint density at radius 2 is 1.80 bits per heavy atom. The first-order chi connectivity index (χ1) is 6.90. The second-order valence-corrected chi connectivity index (χ2v) is 3.62. The van der Waals surface area contributed by atoms with Gasteiger partial charge in [-0.15, -0.1) is 12.4 Å². The Balaban J connectivity index is 0.00000112. The van der Waals surface area contributed by atoms with Crippen molar-refractivity contribution in [3.05, 3.63) is 18.0 Å². The lowest BCUT2D eigenvalue weighted by Crippen LogP contribution is -2.20. The highest BCUT2D eigenvalue weighted by Crippen LogP contribution is 2.14. The third kappa shape index (κ3) is 3.04. The van der Waals surface area contributed by atoms with Gasteiger partial charge < -0.3 is 10.6 Å². The van der Waals surface area contributed by atoms with Crippen LogP contribution in [0.15, 0.2) is 12.4 Å². The van der Waals surface area contributed by atoms with Crippen LogP contribution in [0.4, 0.5) is 5.95 Å². The summed E-state index contributed by atoms with van der Waals surface area (Å²) in [4.78, 5) is 10.9. The van der Waals surface area contributed by atoms with Crippen LogP contribution in [-0.4, -0.2) is 29.6 Å². The average molecular weight is 229 g/mol. The molecule has 84 valence electrons. The molecule has 0 saturated carbocycles. The van der Waals surface area contributed by atoms with E-state index in [2.05, 4.69) is 14.9 Å². The van der Waals surface area contributed by atoms with Crippen LogP contribution in [0.2, 0.25) is 0 Å². The Bertz CT molecular complexity index is 282. The van der Waals surface area contributed by atoms with Crippen molar-refractivity contribution in [1.29, 1.82) is 0 Å². The third-order valence-electron chi connectivity index (χ3n) is 2.51. The van der Waals surface area contributed by atoms with Crippen LogP contribution in [0.3, 0.4) is 0 Å². The molecule has 0 atom stereocenters. The molecular weight excluding hydrogens is 212 g/mol. The van der Waals surface area contributed by atoms with Crippen LogP contribution in [0, 0.1) is 0 Å². The van der Waals surface area contributed by atoms with Crippen LogP contribution in [0.25, 0.3) is 0 Å². The maximum Gasteiger partial charge on any atom is 0.225 e. The smallest absolute Gasteiger partial charge is 0.225 e. The molecule has 0 amide bonds. The highest BCUT2D eigenvalue weighted by atomic mass is 35.5. The van der Waals surface area contributed by atoms with E-state index in [4.69, 9.17) is 5.73 Å². The number of halogens is 1. The van der Waals surface area contributed by atoms with E-state index in [0.29, 0.717) is 6.54 Å². The second-order valence-electron chi connectivity index (χ2n) is 3.62. The lowest BCUT2D eigenvalue weighted by molar-refractivity contribution is 0.877. The fourth-order valence-corrected chi connectivity index (χ4v) is 1.72. The lowest BCUT2D eigenvalue weighted by atomic mass is 10.2. The summed E-state index contributed by atoms with van der Waals surface area (Å²) in [5.74, 6) is 0.864. The van der Waals surface area contributed by atoms with Gasteiger partial charge in [-0.25, -0.2) is 9.97 Å². The molecule has 1 aromatic heterocycles. The quantitative estimate of drug-likeness (QED) is 0.839. The molecule has 0 aliphatic carbocycles. The van der Waals surface area contributed by atoms with Gasteiger partial charge in [0.05, 0.1) is 0 Å². The summed E-state index contributed by atoms with van der Waals surface area (Å²) in [6, 6.07) is 0. The van der Waals surface area contributed by atoms with E-state index in [0.717, 1.165) is 31.0 Å². The third-order valence-corrected chi connectivity index (χ3v) is 2.51. The summed E-state index contributed by atoms with van der Waals surface area (Å²) in [6.07, 6.45) is 7.14. The molecule has 0 radical (unpaired) electrons. The van der Waals surface area contributed by atoms with E-state index < -0.39 is 0 Å². The Hall–Kier alpha value is -0.870. The normalized spacial score (nSPS) is 15.1. The predicted molar refractivity (Wildman–Crippen MR) is 63.5 cm³/mol. The zero-order valence-corrected chi connectivity index (χ0v) is 9.54. The Morgan fingerprint density at radius 1 is 1.20 bits per heavy atom. The van der Waals surface area contributed by atoms with Crippen molar-refractivity contribution in [3.8, 4) is 0 Å². The van der Waals surface area contributed by atoms with Gasteiger partial charge in [-0.05, 0) is 31.4 Å². The first-order valence-corrected chi connectivity index (χ1v) is 5.16. The Kier molecular flexibility index (Phi) is 4.78. The largest absolute Gasteiger partial charge is 0.341 e. The lowest BCUT2D eigenvalue weighted by Gasteiger charge is -2.14. The number of aromatic nitrogens is 2. The standard InChI is InChI=1S/C10H16N4.ClH/c11-4-3-9-7-12-10(13-8-9)14-5-1-2-6-14;/h7-8H,1-6,11H2;1H. The van der Waals surface area contributed by atoms with Crippen LogP contribution in [0.1, 0.15) is 18.4 Å². The SMILES string of the molecule is Cl.NCCc1cnc(N2CCCC2)nc1. The van der Waals surface area contributed by atoms with Crippen molar-refractivity contribution in [1.82, 2.24) is 9.97 Å². The van der Waals surface area contributed by atoms with Crippen LogP contribution in [0.5, 0.6) is 0 Å². The molecule has 0 unspecified atom stereocenters. The van der Waals surface area contributed by atoms with Crippen molar-refractivity contribution in [2.75, 3.05) is 24.5 Å². The molecule has 5 heteroatoms. The maximum absolute atomic E-state index is 5.45. The van der Waals surface area contributed by atoms with Crippen molar-refractivity contribution in [3.63, 3.8) is 0 Å². The molecular formula is C10H17ClN4. The van der Waals surface area contributed by atoms with Crippen LogP contribution in [-0.2, 0) is 6.42 Å². The number of hydrogen-bond donors (Lipinski definition) is 1. The van der Waals surface area contributed by atoms with Gasteiger partial charge in [-0.1, -0.05) is 0 Å². The molecule has 1 saturated heterocycles. The second kappa shape index (κ2) is 5.88. The van der Waals surface area contributed by atoms with Crippen molar-refractivity contribution in [2.24, 2.45) is 5.73 Å². The molecule has 4 nitrogen and oxygen atoms in total. The molecule has 0 bridgehead atoms. The summed E-state index contributed by atoms with van der Waals surface area (Å²) in [6.45, 7) is 2.85. The van der Waals surface area contributed by atoms with Gasteiger partial charge in [0.15, 0.2) is 0 Å². The number of nitrogens with zero attached hydrogens (tertiary/aromatic N) is 3. The summed E-state index contributed by atoms with van der Waals surface area (Å²) < 4.78 is 0. The molecule has 2 rings (SSSR count). The average Bonchev–Trinajstić information content (AvgIpc) is 2.72. The predicted octanol–water partition coefficient (Wildman–Crippen LogP) is 1.000. The topological polar surface area (TPSA) is 55.0 Å². The molecule has 0 spiro atoms. The summed E-state index contributed by atoms with van der Waals surface area (Å²) in [7, 11) is 0. The summed E-state index contributed by atoms with van der Waals surface area (Å²) in [5, 5.41) is 0. The van der Waals surface area contributed by atoms with Crippen molar-refractivity contribution in [2.45, 2.75) is 19.3 Å². The van der Waals surface area contributed by atoms with Gasteiger partial charge in [0.1, 0.15) is 0 Å². The zero-order chi connectivity index (χ0) is 9.80. The minimum atomic E-state index is 0. The fourth-order valence-electron chi connectivity index (χ4n) is 1.72. The number of anilines is 1. The van der Waals surface area contributed by atoms with Crippen LogP contribution >= 0.6 is 12.4 Å². The van der Waals surface area contributed by atoms with Crippen molar-refractivity contribution >= 4 is 18.4 Å². The highest BCUT2D eigenvalue weighted by Gasteiger charge is 2.13. The van der Waals surface area contributed by atoms with E-state index in [9.17, 15) is 0 Å². The fraction of sp³-hybridized carbons (Fsp3) is 0.600. The minimum absolute atomic E-state index is 0. The molecule has 15 heavy (non-hydrogen) atoms. The van der Waals surface area contributed by atoms with E-state index in [1.807, 2.05) is 12.4 Å². The Labute approximate surface area is 96.3 Å². The van der Waals surface area contributed by atoms with E-state index in [-0.39, 0.29) is 12.4 Å². The number of hydrogen-bond acceptors (Lipinski definition) is 4. The summed E-state index contributed by atoms with van der Waals surface area (Å²) >= 11 is 0. The zero-order valence-electron chi connectivity index (χ0n) is 8.72. The van der Waals surface area contributed by atoms with E-state index in [1.165, 1.54) is 12.8 Å². The van der Waals surface area contributed by atoms with Gasteiger partial charge in [-0.2, -0.15) is 0 Å². The molecule has 1 fully saturated rings. The van der Waals surface area contributed by atoms with Gasteiger partial charge in [0, 0.05) is 25.5 Å². The van der Waals surface area contributed by atoms with E-state index in [1.54, 1.807) is 0 Å². The van der Waals surface area contributed by atoms with Crippen molar-refractivity contribution < 1.29 is 0 Å². The van der Waals surface area contributed by atoms with Gasteiger partial charge >= 0.3 is 0 Å². The molecule has 1 aliphatic rings. The van der Waals surface area contributed by atoms with Gasteiger partial charge in [0.2, 0.25) is 5.95 Å². The molecule has 2 heterocycles. The van der Waals surface area contributed by atoms with Gasteiger partial charge in [-0.3, -0.25) is 0 Å².